The normalized spacial score (nSPS) is 17.2. The maximum absolute atomic E-state index is 11.6. The van der Waals surface area contributed by atoms with E-state index in [-0.39, 0.29) is 12.3 Å². The number of phosphoric acid groups is 1. The minimum atomic E-state index is -4.81. The van der Waals surface area contributed by atoms with Crippen LogP contribution in [-0.4, -0.2) is 60.4 Å². The largest absolute Gasteiger partial charge is 0.756 e. The van der Waals surface area contributed by atoms with Crippen LogP contribution in [-0.2, 0) is 9.09 Å². The summed E-state index contributed by atoms with van der Waals surface area (Å²) in [5.74, 6) is 0.686. The average molecular weight is 544 g/mol. The Labute approximate surface area is 218 Å². The average Bonchev–Trinajstić information content (AvgIpc) is 3.36. The van der Waals surface area contributed by atoms with Gasteiger partial charge < -0.3 is 24.4 Å². The minimum absolute atomic E-state index is 0.0767. The SMILES string of the molecule is O=c1ccc2ccc(OCCCC[N+]3(COP(=O)([O-])O)CCN(c4cccc5sccc45)CC3)cc2[nH]1. The third-order valence-corrected chi connectivity index (χ3v) is 8.31. The van der Waals surface area contributed by atoms with Gasteiger partial charge in [-0.15, -0.1) is 11.3 Å². The minimum Gasteiger partial charge on any atom is -0.756 e. The number of hydrogen-bond donors (Lipinski definition) is 2. The first-order valence-electron chi connectivity index (χ1n) is 12.3. The highest BCUT2D eigenvalue weighted by atomic mass is 32.1. The molecule has 11 heteroatoms. The van der Waals surface area contributed by atoms with Crippen LogP contribution < -0.4 is 20.1 Å². The standard InChI is InChI=1S/C26H30N3O6PS/c30-26-9-7-20-6-8-21(18-23(20)27-26)34-16-2-1-13-29(19-35-36(31,32)33)14-11-28(12-15-29)24-4-3-5-25-22(24)10-17-37-25/h3-10,17-18H,1-2,11-16,19H2,(H2-,27,30,31,32,33). The van der Waals surface area contributed by atoms with Crippen LogP contribution >= 0.6 is 19.2 Å². The highest BCUT2D eigenvalue weighted by Crippen LogP contribution is 2.34. The number of unbranched alkanes of at least 4 members (excludes halogenated alkanes) is 1. The van der Waals surface area contributed by atoms with Crippen molar-refractivity contribution in [1.29, 1.82) is 0 Å². The molecule has 1 aliphatic heterocycles. The number of aromatic amines is 1. The molecule has 0 amide bonds. The number of hydrogen-bond acceptors (Lipinski definition) is 7. The number of piperazine rings is 1. The fourth-order valence-electron chi connectivity index (χ4n) is 4.95. The van der Waals surface area contributed by atoms with E-state index in [1.54, 1.807) is 17.4 Å². The van der Waals surface area contributed by atoms with E-state index in [9.17, 15) is 19.1 Å². The van der Waals surface area contributed by atoms with Gasteiger partial charge in [0.2, 0.25) is 5.56 Å². The number of anilines is 1. The van der Waals surface area contributed by atoms with E-state index in [2.05, 4.69) is 39.5 Å². The van der Waals surface area contributed by atoms with Crippen molar-refractivity contribution in [2.75, 3.05) is 51.0 Å². The van der Waals surface area contributed by atoms with Gasteiger partial charge in [-0.05, 0) is 60.0 Å². The number of nitrogens with zero attached hydrogens (tertiary/aromatic N) is 2. The molecule has 1 fully saturated rings. The zero-order valence-electron chi connectivity index (χ0n) is 20.4. The summed E-state index contributed by atoms with van der Waals surface area (Å²) in [6.45, 7) is 4.07. The Balaban J connectivity index is 1.18. The van der Waals surface area contributed by atoms with Crippen LogP contribution in [0.1, 0.15) is 12.8 Å². The first-order valence-corrected chi connectivity index (χ1v) is 14.7. The van der Waals surface area contributed by atoms with Gasteiger partial charge in [0, 0.05) is 27.9 Å². The summed E-state index contributed by atoms with van der Waals surface area (Å²) >= 11 is 1.72. The van der Waals surface area contributed by atoms with Crippen molar-refractivity contribution in [1.82, 2.24) is 4.98 Å². The van der Waals surface area contributed by atoms with Crippen molar-refractivity contribution in [3.05, 3.63) is 70.3 Å². The van der Waals surface area contributed by atoms with E-state index in [1.165, 1.54) is 21.8 Å². The maximum Gasteiger partial charge on any atom is 0.269 e. The summed E-state index contributed by atoms with van der Waals surface area (Å²) < 4.78 is 23.9. The van der Waals surface area contributed by atoms with Crippen LogP contribution in [0.5, 0.6) is 5.75 Å². The van der Waals surface area contributed by atoms with Crippen LogP contribution in [0, 0.1) is 0 Å². The van der Waals surface area contributed by atoms with Gasteiger partial charge in [0.1, 0.15) is 5.75 Å². The van der Waals surface area contributed by atoms with E-state index in [1.807, 2.05) is 18.2 Å². The number of thiophene rings is 1. The molecule has 0 spiro atoms. The molecule has 0 bridgehead atoms. The van der Waals surface area contributed by atoms with E-state index in [0.717, 1.165) is 36.8 Å². The zero-order valence-corrected chi connectivity index (χ0v) is 22.1. The number of nitrogens with one attached hydrogen (secondary N) is 1. The lowest BCUT2D eigenvalue weighted by Crippen LogP contribution is -2.61. The first kappa shape index (κ1) is 25.9. The lowest BCUT2D eigenvalue weighted by molar-refractivity contribution is -0.943. The van der Waals surface area contributed by atoms with Crippen LogP contribution in [0.4, 0.5) is 5.69 Å². The molecule has 1 atom stereocenters. The van der Waals surface area contributed by atoms with Crippen molar-refractivity contribution in [2.45, 2.75) is 12.8 Å². The molecule has 5 rings (SSSR count). The maximum atomic E-state index is 11.6. The number of fused-ring (bicyclic) bond motifs is 2. The van der Waals surface area contributed by atoms with Crippen molar-refractivity contribution in [3.8, 4) is 5.75 Å². The quantitative estimate of drug-likeness (QED) is 0.178. The Hall–Kier alpha value is -2.72. The van der Waals surface area contributed by atoms with Gasteiger partial charge >= 0.3 is 0 Å². The number of quaternary nitrogens is 1. The molecule has 4 aromatic rings. The van der Waals surface area contributed by atoms with E-state index in [0.29, 0.717) is 36.5 Å². The van der Waals surface area contributed by atoms with Crippen molar-refractivity contribution < 1.29 is 28.1 Å². The van der Waals surface area contributed by atoms with Gasteiger partial charge in [-0.2, -0.15) is 0 Å². The number of phosphoric ester groups is 1. The van der Waals surface area contributed by atoms with Gasteiger partial charge in [0.25, 0.3) is 7.82 Å². The van der Waals surface area contributed by atoms with Crippen LogP contribution in [0.2, 0.25) is 0 Å². The van der Waals surface area contributed by atoms with Crippen molar-refractivity contribution in [3.63, 3.8) is 0 Å². The molecule has 0 aliphatic carbocycles. The van der Waals surface area contributed by atoms with Crippen LogP contribution in [0.3, 0.4) is 0 Å². The zero-order chi connectivity index (χ0) is 25.9. The highest BCUT2D eigenvalue weighted by molar-refractivity contribution is 7.44. The third kappa shape index (κ3) is 6.41. The fourth-order valence-corrected chi connectivity index (χ4v) is 6.15. The Morgan fingerprint density at radius 1 is 1.11 bits per heavy atom. The highest BCUT2D eigenvalue weighted by Gasteiger charge is 2.34. The Morgan fingerprint density at radius 3 is 2.73 bits per heavy atom. The number of aromatic nitrogens is 1. The van der Waals surface area contributed by atoms with E-state index < -0.39 is 7.82 Å². The first-order chi connectivity index (χ1) is 17.8. The second-order valence-electron chi connectivity index (χ2n) is 9.46. The second kappa shape index (κ2) is 10.9. The Kier molecular flexibility index (Phi) is 7.67. The van der Waals surface area contributed by atoms with Crippen LogP contribution in [0.25, 0.3) is 21.0 Å². The summed E-state index contributed by atoms with van der Waals surface area (Å²) in [4.78, 5) is 37.3. The molecule has 1 aliphatic rings. The monoisotopic (exact) mass is 543 g/mol. The summed E-state index contributed by atoms with van der Waals surface area (Å²) in [7, 11) is -4.81. The van der Waals surface area contributed by atoms with Crippen LogP contribution in [0.15, 0.2) is 64.8 Å². The lowest BCUT2D eigenvalue weighted by Gasteiger charge is -2.45. The Bertz CT molecular complexity index is 1470. The second-order valence-corrected chi connectivity index (χ2v) is 11.6. The van der Waals surface area contributed by atoms with Gasteiger partial charge in [0.15, 0.2) is 6.73 Å². The molecule has 2 N–H and O–H groups in total. The van der Waals surface area contributed by atoms with Crippen molar-refractivity contribution >= 4 is 45.8 Å². The topological polar surface area (TPSA) is 115 Å². The van der Waals surface area contributed by atoms with Crippen molar-refractivity contribution in [2.24, 2.45) is 0 Å². The fraction of sp³-hybridized carbons (Fsp3) is 0.346. The predicted octanol–water partition coefficient (Wildman–Crippen LogP) is 3.67. The number of benzene rings is 2. The molecule has 0 saturated carbocycles. The molecule has 2 aromatic carbocycles. The predicted molar refractivity (Wildman–Crippen MR) is 144 cm³/mol. The van der Waals surface area contributed by atoms with Gasteiger partial charge in [-0.1, -0.05) is 6.07 Å². The van der Waals surface area contributed by atoms with Gasteiger partial charge in [0.05, 0.1) is 44.8 Å². The Morgan fingerprint density at radius 2 is 1.92 bits per heavy atom. The molecule has 1 saturated heterocycles. The molecular formula is C26H30N3O6PS. The lowest BCUT2D eigenvalue weighted by atomic mass is 10.1. The third-order valence-electron chi connectivity index (χ3n) is 6.99. The summed E-state index contributed by atoms with van der Waals surface area (Å²) in [5.41, 5.74) is 1.77. The van der Waals surface area contributed by atoms with E-state index in [4.69, 9.17) is 9.26 Å². The molecule has 2 aromatic heterocycles. The number of ether oxygens (including phenoxy) is 1. The molecule has 196 valence electrons. The molecule has 0 radical (unpaired) electrons. The molecule has 1 unspecified atom stereocenters. The smallest absolute Gasteiger partial charge is 0.269 e. The summed E-state index contributed by atoms with van der Waals surface area (Å²) in [5, 5.41) is 4.27. The molecule has 3 heterocycles. The van der Waals surface area contributed by atoms with Gasteiger partial charge in [-0.25, -0.2) is 0 Å². The number of pyridine rings is 1. The molecule has 9 nitrogen and oxygen atoms in total. The summed E-state index contributed by atoms with van der Waals surface area (Å²) in [6, 6.07) is 17.3. The number of rotatable bonds is 10. The summed E-state index contributed by atoms with van der Waals surface area (Å²) in [6.07, 6.45) is 1.58. The molecule has 37 heavy (non-hydrogen) atoms. The van der Waals surface area contributed by atoms with Gasteiger partial charge in [-0.3, -0.25) is 18.4 Å². The van der Waals surface area contributed by atoms with E-state index >= 15 is 0 Å². The molecular weight excluding hydrogens is 513 g/mol. The number of H-pyrrole nitrogens is 1.